The zero-order valence-electron chi connectivity index (χ0n) is 10.5. The Bertz CT molecular complexity index is 173. The molecule has 0 aromatic heterocycles. The van der Waals surface area contributed by atoms with Crippen LogP contribution in [-0.4, -0.2) is 32.2 Å². The third-order valence-electron chi connectivity index (χ3n) is 2.29. The third-order valence-corrected chi connectivity index (χ3v) is 2.29. The summed E-state index contributed by atoms with van der Waals surface area (Å²) in [4.78, 5) is 11.4. The van der Waals surface area contributed by atoms with E-state index >= 15 is 0 Å². The molecule has 0 aliphatic heterocycles. The predicted octanol–water partition coefficient (Wildman–Crippen LogP) is 1.32. The number of hydrogen-bond donors (Lipinski definition) is 2. The van der Waals surface area contributed by atoms with E-state index in [4.69, 9.17) is 10.5 Å². The molecule has 1 unspecified atom stereocenters. The van der Waals surface area contributed by atoms with Crippen LogP contribution in [0.3, 0.4) is 0 Å². The van der Waals surface area contributed by atoms with Gasteiger partial charge in [-0.25, -0.2) is 0 Å². The van der Waals surface area contributed by atoms with Crippen LogP contribution in [0.2, 0.25) is 0 Å². The average Bonchev–Trinajstić information content (AvgIpc) is 2.20. The van der Waals surface area contributed by atoms with Crippen molar-refractivity contribution < 1.29 is 9.53 Å². The van der Waals surface area contributed by atoms with Crippen LogP contribution in [0.4, 0.5) is 0 Å². The van der Waals surface area contributed by atoms with Crippen molar-refractivity contribution in [3.05, 3.63) is 0 Å². The highest BCUT2D eigenvalue weighted by Gasteiger charge is 2.10. The molecule has 1 atom stereocenters. The molecule has 0 fully saturated rings. The quantitative estimate of drug-likeness (QED) is 0.641. The molecule has 0 aliphatic carbocycles. The molecule has 0 saturated carbocycles. The van der Waals surface area contributed by atoms with Gasteiger partial charge in [0, 0.05) is 20.2 Å². The van der Waals surface area contributed by atoms with E-state index < -0.39 is 0 Å². The largest absolute Gasteiger partial charge is 0.380 e. The maximum Gasteiger partial charge on any atom is 0.222 e. The minimum Gasteiger partial charge on any atom is -0.380 e. The summed E-state index contributed by atoms with van der Waals surface area (Å²) in [5.74, 6) is 0.716. The molecule has 3 N–H and O–H groups in total. The smallest absolute Gasteiger partial charge is 0.222 e. The second-order valence-corrected chi connectivity index (χ2v) is 4.18. The molecule has 1 amide bonds. The molecule has 0 saturated heterocycles. The Kier molecular flexibility index (Phi) is 12.6. The number of rotatable bonds is 8. The topological polar surface area (TPSA) is 64.3 Å². The first kappa shape index (κ1) is 18.1. The lowest BCUT2D eigenvalue weighted by molar-refractivity contribution is -0.123. The first-order valence-electron chi connectivity index (χ1n) is 5.59. The van der Waals surface area contributed by atoms with E-state index in [0.717, 1.165) is 19.4 Å². The van der Waals surface area contributed by atoms with Gasteiger partial charge in [-0.2, -0.15) is 0 Å². The maximum absolute atomic E-state index is 11.4. The van der Waals surface area contributed by atoms with Gasteiger partial charge in [0.1, 0.15) is 0 Å². The van der Waals surface area contributed by atoms with Gasteiger partial charge in [0.25, 0.3) is 0 Å². The van der Waals surface area contributed by atoms with Crippen LogP contribution < -0.4 is 11.1 Å². The van der Waals surface area contributed by atoms with Gasteiger partial charge in [0.2, 0.25) is 5.91 Å². The Labute approximate surface area is 105 Å². The first-order chi connectivity index (χ1) is 7.10. The molecule has 16 heavy (non-hydrogen) atoms. The number of carbonyl (C=O) groups excluding carboxylic acids is 1. The van der Waals surface area contributed by atoms with Gasteiger partial charge in [-0.1, -0.05) is 13.8 Å². The molecular formula is C11H25ClN2O2. The standard InChI is InChI=1S/C11H24N2O2.ClH/c1-9(2)5-4-6-13-11(14)7-10(8-12)15-3;/h9-10H,4-8,12H2,1-3H3,(H,13,14);1H. The fraction of sp³-hybridized carbons (Fsp3) is 0.909. The summed E-state index contributed by atoms with van der Waals surface area (Å²) >= 11 is 0. The molecule has 0 radical (unpaired) electrons. The lowest BCUT2D eigenvalue weighted by Gasteiger charge is -2.12. The zero-order chi connectivity index (χ0) is 11.7. The molecule has 4 nitrogen and oxygen atoms in total. The Hall–Kier alpha value is -0.320. The number of nitrogens with one attached hydrogen (secondary N) is 1. The molecule has 0 bridgehead atoms. The fourth-order valence-electron chi connectivity index (χ4n) is 1.28. The Balaban J connectivity index is 0. The molecular weight excluding hydrogens is 228 g/mol. The Morgan fingerprint density at radius 1 is 1.44 bits per heavy atom. The van der Waals surface area contributed by atoms with Crippen LogP contribution in [0.1, 0.15) is 33.1 Å². The summed E-state index contributed by atoms with van der Waals surface area (Å²) in [6.07, 6.45) is 2.37. The maximum atomic E-state index is 11.4. The highest BCUT2D eigenvalue weighted by atomic mass is 35.5. The van der Waals surface area contributed by atoms with E-state index in [1.165, 1.54) is 0 Å². The van der Waals surface area contributed by atoms with Crippen LogP contribution in [0.15, 0.2) is 0 Å². The number of hydrogen-bond acceptors (Lipinski definition) is 3. The first-order valence-corrected chi connectivity index (χ1v) is 5.59. The normalized spacial score (nSPS) is 12.1. The number of carbonyl (C=O) groups is 1. The Morgan fingerprint density at radius 2 is 2.06 bits per heavy atom. The molecule has 0 aliphatic rings. The summed E-state index contributed by atoms with van der Waals surface area (Å²) in [5, 5.41) is 2.86. The molecule has 5 heteroatoms. The van der Waals surface area contributed by atoms with E-state index in [0.29, 0.717) is 18.9 Å². The number of nitrogens with two attached hydrogens (primary N) is 1. The average molecular weight is 253 g/mol. The summed E-state index contributed by atoms with van der Waals surface area (Å²) in [6, 6.07) is 0. The van der Waals surface area contributed by atoms with Crippen molar-refractivity contribution >= 4 is 18.3 Å². The highest BCUT2D eigenvalue weighted by molar-refractivity contribution is 5.85. The third kappa shape index (κ3) is 10.2. The van der Waals surface area contributed by atoms with E-state index in [1.54, 1.807) is 7.11 Å². The highest BCUT2D eigenvalue weighted by Crippen LogP contribution is 2.02. The van der Waals surface area contributed by atoms with Crippen LogP contribution in [0.25, 0.3) is 0 Å². The van der Waals surface area contributed by atoms with Crippen LogP contribution in [0.5, 0.6) is 0 Å². The van der Waals surface area contributed by atoms with Crippen molar-refractivity contribution in [3.63, 3.8) is 0 Å². The molecule has 0 aromatic rings. The number of halogens is 1. The van der Waals surface area contributed by atoms with E-state index in [-0.39, 0.29) is 24.4 Å². The lowest BCUT2D eigenvalue weighted by Crippen LogP contribution is -2.32. The van der Waals surface area contributed by atoms with Gasteiger partial charge in [0.15, 0.2) is 0 Å². The molecule has 0 heterocycles. The zero-order valence-corrected chi connectivity index (χ0v) is 11.3. The minimum atomic E-state index is -0.157. The summed E-state index contributed by atoms with van der Waals surface area (Å²) in [5.41, 5.74) is 5.42. The van der Waals surface area contributed by atoms with Crippen molar-refractivity contribution in [2.75, 3.05) is 20.2 Å². The minimum absolute atomic E-state index is 0. The number of amides is 1. The van der Waals surface area contributed by atoms with Crippen molar-refractivity contribution in [1.82, 2.24) is 5.32 Å². The fourth-order valence-corrected chi connectivity index (χ4v) is 1.28. The van der Waals surface area contributed by atoms with Crippen molar-refractivity contribution in [3.8, 4) is 0 Å². The van der Waals surface area contributed by atoms with Gasteiger partial charge >= 0.3 is 0 Å². The summed E-state index contributed by atoms with van der Waals surface area (Å²) < 4.78 is 5.03. The van der Waals surface area contributed by atoms with Crippen molar-refractivity contribution in [2.24, 2.45) is 11.7 Å². The molecule has 0 spiro atoms. The van der Waals surface area contributed by atoms with E-state index in [2.05, 4.69) is 19.2 Å². The van der Waals surface area contributed by atoms with Gasteiger partial charge in [-0.05, 0) is 18.8 Å². The predicted molar refractivity (Wildman–Crippen MR) is 68.8 cm³/mol. The van der Waals surface area contributed by atoms with Gasteiger partial charge in [0.05, 0.1) is 12.5 Å². The van der Waals surface area contributed by atoms with Crippen LogP contribution in [0, 0.1) is 5.92 Å². The molecule has 0 aromatic carbocycles. The van der Waals surface area contributed by atoms with Crippen molar-refractivity contribution in [1.29, 1.82) is 0 Å². The lowest BCUT2D eigenvalue weighted by atomic mass is 10.1. The Morgan fingerprint density at radius 3 is 2.50 bits per heavy atom. The number of ether oxygens (including phenoxy) is 1. The van der Waals surface area contributed by atoms with Crippen molar-refractivity contribution in [2.45, 2.75) is 39.2 Å². The van der Waals surface area contributed by atoms with Gasteiger partial charge in [-0.3, -0.25) is 4.79 Å². The second-order valence-electron chi connectivity index (χ2n) is 4.18. The number of methoxy groups -OCH3 is 1. The summed E-state index contributed by atoms with van der Waals surface area (Å²) in [6.45, 7) is 5.49. The molecule has 0 rings (SSSR count). The van der Waals surface area contributed by atoms with Gasteiger partial charge in [-0.15, -0.1) is 12.4 Å². The summed E-state index contributed by atoms with van der Waals surface area (Å²) in [7, 11) is 1.57. The van der Waals surface area contributed by atoms with Gasteiger partial charge < -0.3 is 15.8 Å². The van der Waals surface area contributed by atoms with E-state index in [9.17, 15) is 4.79 Å². The molecule has 98 valence electrons. The van der Waals surface area contributed by atoms with E-state index in [1.807, 2.05) is 0 Å². The van der Waals surface area contributed by atoms with Crippen LogP contribution >= 0.6 is 12.4 Å². The SMILES string of the molecule is COC(CN)CC(=O)NCCCC(C)C.Cl. The monoisotopic (exact) mass is 252 g/mol. The van der Waals surface area contributed by atoms with Crippen LogP contribution in [-0.2, 0) is 9.53 Å². The second kappa shape index (κ2) is 11.2.